The van der Waals surface area contributed by atoms with Gasteiger partial charge < -0.3 is 9.22 Å². The number of hydrogen-bond donors (Lipinski definition) is 0. The Morgan fingerprint density at radius 3 is 2.50 bits per heavy atom. The van der Waals surface area contributed by atoms with Crippen LogP contribution in [-0.4, -0.2) is 43.7 Å². The van der Waals surface area contributed by atoms with Crippen molar-refractivity contribution in [2.24, 2.45) is 0 Å². The molecule has 0 unspecified atom stereocenters. The van der Waals surface area contributed by atoms with Gasteiger partial charge in [0.05, 0.1) is 33.3 Å². The maximum atomic E-state index is 10.8. The van der Waals surface area contributed by atoms with Crippen molar-refractivity contribution in [3.8, 4) is 0 Å². The van der Waals surface area contributed by atoms with E-state index < -0.39 is 0 Å². The van der Waals surface area contributed by atoms with Crippen molar-refractivity contribution in [2.75, 3.05) is 33.3 Å². The zero-order chi connectivity index (χ0) is 13.3. The number of nitrogens with zero attached hydrogens (tertiary/aromatic N) is 1. The molecule has 104 valence electrons. The second-order valence-corrected chi connectivity index (χ2v) is 5.64. The van der Waals surface area contributed by atoms with E-state index >= 15 is 0 Å². The van der Waals surface area contributed by atoms with Crippen molar-refractivity contribution in [3.63, 3.8) is 0 Å². The Kier molecular flexibility index (Phi) is 7.02. The molecule has 1 saturated heterocycles. The van der Waals surface area contributed by atoms with Crippen LogP contribution in [0.4, 0.5) is 0 Å². The van der Waals surface area contributed by atoms with Crippen LogP contribution in [0.5, 0.6) is 0 Å². The van der Waals surface area contributed by atoms with Gasteiger partial charge >= 0.3 is 5.97 Å². The second kappa shape index (κ2) is 8.30. The van der Waals surface area contributed by atoms with Crippen molar-refractivity contribution in [1.82, 2.24) is 0 Å². The molecule has 0 atom stereocenters. The summed E-state index contributed by atoms with van der Waals surface area (Å²) in [7, 11) is 2.39. The van der Waals surface area contributed by atoms with Crippen molar-refractivity contribution in [1.29, 1.82) is 0 Å². The summed E-state index contributed by atoms with van der Waals surface area (Å²) in [5.74, 6) is -0.304. The fraction of sp³-hybridized carbons (Fsp3) is 0.800. The summed E-state index contributed by atoms with van der Waals surface area (Å²) in [6.45, 7) is 7.94. The molecule has 3 nitrogen and oxygen atoms in total. The smallest absolute Gasteiger partial charge is 0.330 e. The molecule has 0 amide bonds. The number of ether oxygens (including phenoxy) is 1. The molecule has 0 aromatic rings. The lowest BCUT2D eigenvalue weighted by Crippen LogP contribution is -2.48. The highest BCUT2D eigenvalue weighted by molar-refractivity contribution is 5.81. The summed E-state index contributed by atoms with van der Waals surface area (Å²) in [6, 6.07) is 0. The number of quaternary nitrogens is 1. The third-order valence-electron chi connectivity index (χ3n) is 3.90. The Hall–Kier alpha value is -0.830. The molecule has 1 fully saturated rings. The molecule has 18 heavy (non-hydrogen) atoms. The summed E-state index contributed by atoms with van der Waals surface area (Å²) in [5.41, 5.74) is 0. The highest BCUT2D eigenvalue weighted by Crippen LogP contribution is 2.17. The Balaban J connectivity index is 1.95. The average molecular weight is 254 g/mol. The van der Waals surface area contributed by atoms with E-state index in [1.165, 1.54) is 62.3 Å². The number of esters is 1. The molecule has 0 aromatic carbocycles. The fourth-order valence-corrected chi connectivity index (χ4v) is 2.68. The number of carbonyl (C=O) groups is 1. The summed E-state index contributed by atoms with van der Waals surface area (Å²) >= 11 is 0. The molecule has 3 heteroatoms. The third kappa shape index (κ3) is 6.20. The van der Waals surface area contributed by atoms with Gasteiger partial charge in [0.2, 0.25) is 0 Å². The van der Waals surface area contributed by atoms with E-state index in [1.807, 2.05) is 0 Å². The summed E-state index contributed by atoms with van der Waals surface area (Å²) in [6.07, 6.45) is 10.1. The number of hydrogen-bond acceptors (Lipinski definition) is 2. The molecule has 0 radical (unpaired) electrons. The van der Waals surface area contributed by atoms with Gasteiger partial charge in [-0.15, -0.1) is 0 Å². The molecule has 0 saturated carbocycles. The predicted octanol–water partition coefficient (Wildman–Crippen LogP) is 2.91. The lowest BCUT2D eigenvalue weighted by atomic mass is 10.1. The van der Waals surface area contributed by atoms with Gasteiger partial charge in [-0.3, -0.25) is 0 Å². The molecule has 1 heterocycles. The molecule has 0 aliphatic carbocycles. The first-order valence-corrected chi connectivity index (χ1v) is 7.29. The largest absolute Gasteiger partial charge is 0.463 e. The van der Waals surface area contributed by atoms with Gasteiger partial charge in [0.25, 0.3) is 0 Å². The van der Waals surface area contributed by atoms with E-state index in [1.54, 1.807) is 0 Å². The normalized spacial score (nSPS) is 18.3. The van der Waals surface area contributed by atoms with Crippen molar-refractivity contribution in [3.05, 3.63) is 12.7 Å². The first-order valence-electron chi connectivity index (χ1n) is 7.29. The number of likely N-dealkylation sites (tertiary alicyclic amines) is 1. The standard InChI is InChI=1S/C15H28NO2/c1-3-15(17)18-14-10-5-4-7-11-16(2)12-8-6-9-13-16/h3H,1,4-14H2,2H3/q+1. The van der Waals surface area contributed by atoms with Gasteiger partial charge in [-0.25, -0.2) is 4.79 Å². The fourth-order valence-electron chi connectivity index (χ4n) is 2.68. The summed E-state index contributed by atoms with van der Waals surface area (Å²) < 4.78 is 6.22. The molecule has 0 spiro atoms. The molecular formula is C15H28NO2+. The summed E-state index contributed by atoms with van der Waals surface area (Å²) in [5, 5.41) is 0. The van der Waals surface area contributed by atoms with Crippen LogP contribution in [0, 0.1) is 0 Å². The van der Waals surface area contributed by atoms with Gasteiger partial charge in [0, 0.05) is 6.08 Å². The van der Waals surface area contributed by atoms with E-state index in [2.05, 4.69) is 13.6 Å². The molecule has 1 aliphatic rings. The number of carbonyl (C=O) groups excluding carboxylic acids is 1. The van der Waals surface area contributed by atoms with Crippen molar-refractivity contribution in [2.45, 2.75) is 44.9 Å². The third-order valence-corrected chi connectivity index (χ3v) is 3.90. The van der Waals surface area contributed by atoms with Gasteiger partial charge in [0.1, 0.15) is 0 Å². The lowest BCUT2D eigenvalue weighted by Gasteiger charge is -2.37. The van der Waals surface area contributed by atoms with Crippen LogP contribution in [0.3, 0.4) is 0 Å². The highest BCUT2D eigenvalue weighted by Gasteiger charge is 2.23. The van der Waals surface area contributed by atoms with Crippen LogP contribution >= 0.6 is 0 Å². The molecule has 1 rings (SSSR count). The molecule has 1 aliphatic heterocycles. The van der Waals surface area contributed by atoms with E-state index in [0.29, 0.717) is 6.61 Å². The van der Waals surface area contributed by atoms with E-state index in [4.69, 9.17) is 4.74 Å². The van der Waals surface area contributed by atoms with Gasteiger partial charge in [-0.2, -0.15) is 0 Å². The topological polar surface area (TPSA) is 26.3 Å². The van der Waals surface area contributed by atoms with Crippen LogP contribution in [0.25, 0.3) is 0 Å². The van der Waals surface area contributed by atoms with E-state index in [-0.39, 0.29) is 5.97 Å². The molecule has 0 bridgehead atoms. The maximum absolute atomic E-state index is 10.8. The van der Waals surface area contributed by atoms with Crippen LogP contribution < -0.4 is 0 Å². The Bertz CT molecular complexity index is 257. The Morgan fingerprint density at radius 1 is 1.17 bits per heavy atom. The average Bonchev–Trinajstić information content (AvgIpc) is 2.38. The van der Waals surface area contributed by atoms with Crippen LogP contribution in [0.1, 0.15) is 44.9 Å². The Labute approximate surface area is 111 Å². The maximum Gasteiger partial charge on any atom is 0.330 e. The van der Waals surface area contributed by atoms with Crippen molar-refractivity contribution < 1.29 is 14.0 Å². The molecular weight excluding hydrogens is 226 g/mol. The minimum atomic E-state index is -0.304. The zero-order valence-corrected chi connectivity index (χ0v) is 11.8. The SMILES string of the molecule is C=CC(=O)OCCCCCC[N+]1(C)CCCCC1. The number of rotatable bonds is 8. The van der Waals surface area contributed by atoms with Crippen LogP contribution in [-0.2, 0) is 9.53 Å². The minimum Gasteiger partial charge on any atom is -0.463 e. The zero-order valence-electron chi connectivity index (χ0n) is 11.8. The van der Waals surface area contributed by atoms with E-state index in [9.17, 15) is 4.79 Å². The highest BCUT2D eigenvalue weighted by atomic mass is 16.5. The summed E-state index contributed by atoms with van der Waals surface area (Å²) in [4.78, 5) is 10.8. The Morgan fingerprint density at radius 2 is 1.83 bits per heavy atom. The monoisotopic (exact) mass is 254 g/mol. The minimum absolute atomic E-state index is 0.304. The van der Waals surface area contributed by atoms with Crippen LogP contribution in [0.2, 0.25) is 0 Å². The second-order valence-electron chi connectivity index (χ2n) is 5.64. The number of piperidine rings is 1. The molecule has 0 aromatic heterocycles. The first kappa shape index (κ1) is 15.2. The quantitative estimate of drug-likeness (QED) is 0.288. The number of unbranched alkanes of at least 4 members (excludes halogenated alkanes) is 3. The van der Waals surface area contributed by atoms with E-state index in [0.717, 1.165) is 12.8 Å². The van der Waals surface area contributed by atoms with Crippen molar-refractivity contribution >= 4 is 5.97 Å². The first-order chi connectivity index (χ1) is 8.66. The van der Waals surface area contributed by atoms with Gasteiger partial charge in [0.15, 0.2) is 0 Å². The lowest BCUT2D eigenvalue weighted by molar-refractivity contribution is -0.914. The van der Waals surface area contributed by atoms with Crippen LogP contribution in [0.15, 0.2) is 12.7 Å². The van der Waals surface area contributed by atoms with Gasteiger partial charge in [-0.1, -0.05) is 6.58 Å². The van der Waals surface area contributed by atoms with Gasteiger partial charge in [-0.05, 0) is 44.9 Å². The predicted molar refractivity (Wildman–Crippen MR) is 74.3 cm³/mol. The molecule has 0 N–H and O–H groups in total.